The average molecular weight is 281 g/mol. The van der Waals surface area contributed by atoms with E-state index in [1.54, 1.807) is 0 Å². The third-order valence-electron chi connectivity index (χ3n) is 3.60. The molecule has 21 heavy (non-hydrogen) atoms. The second-order valence-electron chi connectivity index (χ2n) is 5.19. The smallest absolute Gasteiger partial charge is 0.0695 e. The Bertz CT molecular complexity index is 708. The number of rotatable bonds is 5. The number of benzene rings is 1. The summed E-state index contributed by atoms with van der Waals surface area (Å²) in [5.41, 5.74) is 5.83. The zero-order valence-electron chi connectivity index (χ0n) is 12.3. The van der Waals surface area contributed by atoms with Crippen molar-refractivity contribution in [3.05, 3.63) is 59.5 Å². The summed E-state index contributed by atoms with van der Waals surface area (Å²) < 4.78 is 1.88. The normalized spacial score (nSPS) is 11.0. The van der Waals surface area contributed by atoms with Gasteiger partial charge >= 0.3 is 0 Å². The van der Waals surface area contributed by atoms with Crippen molar-refractivity contribution in [2.24, 2.45) is 7.05 Å². The molecule has 0 aliphatic carbocycles. The Morgan fingerprint density at radius 3 is 2.67 bits per heavy atom. The van der Waals surface area contributed by atoms with E-state index < -0.39 is 0 Å². The van der Waals surface area contributed by atoms with Crippen molar-refractivity contribution in [2.75, 3.05) is 0 Å². The predicted molar refractivity (Wildman–Crippen MR) is 82.5 cm³/mol. The van der Waals surface area contributed by atoms with Gasteiger partial charge in [-0.3, -0.25) is 9.78 Å². The van der Waals surface area contributed by atoms with E-state index >= 15 is 0 Å². The molecule has 2 aromatic heterocycles. The van der Waals surface area contributed by atoms with Crippen LogP contribution in [0.2, 0.25) is 0 Å². The molecule has 0 spiro atoms. The maximum absolute atomic E-state index is 4.17. The highest BCUT2D eigenvalue weighted by atomic mass is 15.3. The molecule has 3 aromatic rings. The second-order valence-corrected chi connectivity index (χ2v) is 5.19. The summed E-state index contributed by atoms with van der Waals surface area (Å²) in [5.74, 6) is 0. The molecule has 0 fully saturated rings. The SMILES string of the molecule is Cc1ccc(-c2[nH]ncc2CNCc2ccnn2C)cc1. The first-order valence-corrected chi connectivity index (χ1v) is 7.01. The van der Waals surface area contributed by atoms with Gasteiger partial charge in [0, 0.05) is 31.9 Å². The molecule has 0 aliphatic heterocycles. The van der Waals surface area contributed by atoms with E-state index in [4.69, 9.17) is 0 Å². The number of aromatic amines is 1. The third kappa shape index (κ3) is 3.03. The molecule has 2 N–H and O–H groups in total. The fourth-order valence-electron chi connectivity index (χ4n) is 2.32. The van der Waals surface area contributed by atoms with Gasteiger partial charge in [-0.15, -0.1) is 0 Å². The van der Waals surface area contributed by atoms with Crippen LogP contribution in [0.25, 0.3) is 11.3 Å². The minimum Gasteiger partial charge on any atom is -0.307 e. The van der Waals surface area contributed by atoms with Crippen molar-refractivity contribution < 1.29 is 0 Å². The summed E-state index contributed by atoms with van der Waals surface area (Å²) in [5, 5.41) is 14.9. The van der Waals surface area contributed by atoms with Crippen LogP contribution in [0.5, 0.6) is 0 Å². The van der Waals surface area contributed by atoms with Crippen molar-refractivity contribution in [3.8, 4) is 11.3 Å². The summed E-state index contributed by atoms with van der Waals surface area (Å²) in [4.78, 5) is 0. The molecule has 5 nitrogen and oxygen atoms in total. The molecule has 3 rings (SSSR count). The van der Waals surface area contributed by atoms with Gasteiger partial charge in [-0.2, -0.15) is 10.2 Å². The summed E-state index contributed by atoms with van der Waals surface area (Å²) in [6.45, 7) is 3.65. The van der Waals surface area contributed by atoms with E-state index in [-0.39, 0.29) is 0 Å². The molecular weight excluding hydrogens is 262 g/mol. The standard InChI is InChI=1S/C16H19N5/c1-12-3-5-13(6-4-12)16-14(10-18-20-16)9-17-11-15-7-8-19-21(15)2/h3-8,10,17H,9,11H2,1-2H3,(H,18,20). The summed E-state index contributed by atoms with van der Waals surface area (Å²) in [6.07, 6.45) is 3.69. The Morgan fingerprint density at radius 2 is 1.95 bits per heavy atom. The molecule has 0 radical (unpaired) electrons. The van der Waals surface area contributed by atoms with Crippen molar-refractivity contribution in [1.29, 1.82) is 0 Å². The first-order valence-electron chi connectivity index (χ1n) is 7.01. The molecule has 0 saturated carbocycles. The van der Waals surface area contributed by atoms with Gasteiger partial charge in [0.15, 0.2) is 0 Å². The van der Waals surface area contributed by atoms with Crippen molar-refractivity contribution in [1.82, 2.24) is 25.3 Å². The Kier molecular flexibility index (Phi) is 3.83. The summed E-state index contributed by atoms with van der Waals surface area (Å²) in [6, 6.07) is 10.5. The Labute approximate surface area is 124 Å². The van der Waals surface area contributed by atoms with Crippen molar-refractivity contribution in [3.63, 3.8) is 0 Å². The largest absolute Gasteiger partial charge is 0.307 e. The van der Waals surface area contributed by atoms with Gasteiger partial charge in [-0.05, 0) is 18.6 Å². The first kappa shape index (κ1) is 13.6. The first-order chi connectivity index (χ1) is 10.2. The highest BCUT2D eigenvalue weighted by molar-refractivity contribution is 5.62. The second kappa shape index (κ2) is 5.93. The van der Waals surface area contributed by atoms with Gasteiger partial charge in [-0.1, -0.05) is 29.8 Å². The zero-order chi connectivity index (χ0) is 14.7. The van der Waals surface area contributed by atoms with Gasteiger partial charge in [0.1, 0.15) is 0 Å². The molecule has 5 heteroatoms. The quantitative estimate of drug-likeness (QED) is 0.755. The highest BCUT2D eigenvalue weighted by Gasteiger charge is 2.07. The predicted octanol–water partition coefficient (Wildman–Crippen LogP) is 2.41. The molecule has 108 valence electrons. The molecule has 0 amide bonds. The van der Waals surface area contributed by atoms with Crippen LogP contribution in [0, 0.1) is 6.92 Å². The van der Waals surface area contributed by atoms with Crippen LogP contribution in [0.3, 0.4) is 0 Å². The Morgan fingerprint density at radius 1 is 1.14 bits per heavy atom. The van der Waals surface area contributed by atoms with E-state index in [1.807, 2.05) is 30.2 Å². The van der Waals surface area contributed by atoms with Gasteiger partial charge < -0.3 is 5.32 Å². The lowest BCUT2D eigenvalue weighted by atomic mass is 10.1. The van der Waals surface area contributed by atoms with Crippen LogP contribution in [-0.4, -0.2) is 20.0 Å². The molecule has 0 bridgehead atoms. The lowest BCUT2D eigenvalue weighted by molar-refractivity contribution is 0.626. The monoisotopic (exact) mass is 281 g/mol. The van der Waals surface area contributed by atoms with Crippen LogP contribution >= 0.6 is 0 Å². The fraction of sp³-hybridized carbons (Fsp3) is 0.250. The number of aryl methyl sites for hydroxylation is 2. The number of aromatic nitrogens is 4. The summed E-state index contributed by atoms with van der Waals surface area (Å²) in [7, 11) is 1.95. The van der Waals surface area contributed by atoms with E-state index in [1.165, 1.54) is 11.1 Å². The van der Waals surface area contributed by atoms with Crippen LogP contribution in [0.4, 0.5) is 0 Å². The number of nitrogens with one attached hydrogen (secondary N) is 2. The van der Waals surface area contributed by atoms with Crippen LogP contribution in [0.15, 0.2) is 42.7 Å². The lowest BCUT2D eigenvalue weighted by Crippen LogP contribution is -2.15. The fourth-order valence-corrected chi connectivity index (χ4v) is 2.32. The van der Waals surface area contributed by atoms with Crippen molar-refractivity contribution >= 4 is 0 Å². The van der Waals surface area contributed by atoms with E-state index in [9.17, 15) is 0 Å². The minimum atomic E-state index is 0.769. The molecule has 2 heterocycles. The molecule has 0 atom stereocenters. The lowest BCUT2D eigenvalue weighted by Gasteiger charge is -2.06. The number of hydrogen-bond donors (Lipinski definition) is 2. The van der Waals surface area contributed by atoms with Crippen LogP contribution < -0.4 is 5.32 Å². The van der Waals surface area contributed by atoms with Gasteiger partial charge in [0.25, 0.3) is 0 Å². The third-order valence-corrected chi connectivity index (χ3v) is 3.60. The minimum absolute atomic E-state index is 0.769. The van der Waals surface area contributed by atoms with Crippen LogP contribution in [-0.2, 0) is 20.1 Å². The maximum atomic E-state index is 4.17. The van der Waals surface area contributed by atoms with E-state index in [2.05, 4.69) is 51.8 Å². The topological polar surface area (TPSA) is 58.5 Å². The molecule has 1 aromatic carbocycles. The van der Waals surface area contributed by atoms with E-state index in [0.717, 1.165) is 30.0 Å². The molecule has 0 unspecified atom stereocenters. The number of hydrogen-bond acceptors (Lipinski definition) is 3. The Hall–Kier alpha value is -2.40. The van der Waals surface area contributed by atoms with Crippen LogP contribution in [0.1, 0.15) is 16.8 Å². The summed E-state index contributed by atoms with van der Waals surface area (Å²) >= 11 is 0. The van der Waals surface area contributed by atoms with E-state index in [0.29, 0.717) is 0 Å². The molecule has 0 saturated heterocycles. The van der Waals surface area contributed by atoms with Gasteiger partial charge in [0.2, 0.25) is 0 Å². The zero-order valence-corrected chi connectivity index (χ0v) is 12.3. The maximum Gasteiger partial charge on any atom is 0.0695 e. The number of H-pyrrole nitrogens is 1. The molecular formula is C16H19N5. The molecule has 0 aliphatic rings. The van der Waals surface area contributed by atoms with Crippen molar-refractivity contribution in [2.45, 2.75) is 20.0 Å². The average Bonchev–Trinajstić information content (AvgIpc) is 3.10. The van der Waals surface area contributed by atoms with Gasteiger partial charge in [-0.25, -0.2) is 0 Å². The Balaban J connectivity index is 1.68. The van der Waals surface area contributed by atoms with Gasteiger partial charge in [0.05, 0.1) is 17.6 Å². The number of nitrogens with zero attached hydrogens (tertiary/aromatic N) is 3. The highest BCUT2D eigenvalue weighted by Crippen LogP contribution is 2.21.